The van der Waals surface area contributed by atoms with Crippen molar-refractivity contribution in [3.8, 4) is 11.5 Å². The fraction of sp³-hybridized carbons (Fsp3) is 0.200. The molecule has 0 saturated heterocycles. The van der Waals surface area contributed by atoms with Crippen molar-refractivity contribution in [2.45, 2.75) is 18.9 Å². The second kappa shape index (κ2) is 4.03. The molecule has 1 fully saturated rings. The summed E-state index contributed by atoms with van der Waals surface area (Å²) in [7, 11) is 0. The Morgan fingerprint density at radius 3 is 2.75 bits per heavy atom. The first-order chi connectivity index (χ1) is 9.72. The summed E-state index contributed by atoms with van der Waals surface area (Å²) in [4.78, 5) is 8.89. The van der Waals surface area contributed by atoms with Crippen molar-refractivity contribution in [2.24, 2.45) is 0 Å². The van der Waals surface area contributed by atoms with Crippen molar-refractivity contribution in [1.82, 2.24) is 14.5 Å². The van der Waals surface area contributed by atoms with E-state index in [0.717, 1.165) is 29.9 Å². The molecule has 0 spiro atoms. The average molecular weight is 268 g/mol. The van der Waals surface area contributed by atoms with Crippen LogP contribution in [-0.4, -0.2) is 14.5 Å². The highest BCUT2D eigenvalue weighted by Gasteiger charge is 2.29. The SMILES string of the molecule is Nc1ccc(-c2nc3cc(F)ccc3n2C2CC2)nc1. The molecular weight excluding hydrogens is 255 g/mol. The van der Waals surface area contributed by atoms with Crippen molar-refractivity contribution in [2.75, 3.05) is 5.73 Å². The molecule has 100 valence electrons. The Balaban J connectivity index is 1.97. The predicted octanol–water partition coefficient (Wildman–Crippen LogP) is 3.15. The number of halogens is 1. The number of nitrogens with zero attached hydrogens (tertiary/aromatic N) is 3. The Labute approximate surface area is 115 Å². The highest BCUT2D eigenvalue weighted by atomic mass is 19.1. The largest absolute Gasteiger partial charge is 0.397 e. The summed E-state index contributed by atoms with van der Waals surface area (Å²) >= 11 is 0. The molecule has 5 heteroatoms. The van der Waals surface area contributed by atoms with Crippen LogP contribution in [0.3, 0.4) is 0 Å². The number of hydrogen-bond donors (Lipinski definition) is 1. The Bertz CT molecular complexity index is 787. The van der Waals surface area contributed by atoms with Crippen LogP contribution < -0.4 is 5.73 Å². The molecule has 2 aromatic heterocycles. The van der Waals surface area contributed by atoms with Crippen LogP contribution >= 0.6 is 0 Å². The molecule has 2 N–H and O–H groups in total. The van der Waals surface area contributed by atoms with E-state index in [0.29, 0.717) is 17.2 Å². The maximum Gasteiger partial charge on any atom is 0.160 e. The first-order valence-corrected chi connectivity index (χ1v) is 6.62. The van der Waals surface area contributed by atoms with Gasteiger partial charge in [-0.15, -0.1) is 0 Å². The van der Waals surface area contributed by atoms with Gasteiger partial charge in [-0.05, 0) is 37.1 Å². The van der Waals surface area contributed by atoms with Gasteiger partial charge >= 0.3 is 0 Å². The monoisotopic (exact) mass is 268 g/mol. The Hall–Kier alpha value is -2.43. The van der Waals surface area contributed by atoms with Gasteiger partial charge in [0.05, 0.1) is 22.9 Å². The summed E-state index contributed by atoms with van der Waals surface area (Å²) in [6, 6.07) is 8.83. The molecule has 0 atom stereocenters. The lowest BCUT2D eigenvalue weighted by Gasteiger charge is -2.07. The number of nitrogen functional groups attached to an aromatic ring is 1. The molecule has 4 rings (SSSR count). The first kappa shape index (κ1) is 11.4. The van der Waals surface area contributed by atoms with E-state index >= 15 is 0 Å². The van der Waals surface area contributed by atoms with Gasteiger partial charge < -0.3 is 10.3 Å². The highest BCUT2D eigenvalue weighted by Crippen LogP contribution is 2.41. The van der Waals surface area contributed by atoms with Crippen LogP contribution in [-0.2, 0) is 0 Å². The minimum atomic E-state index is -0.269. The van der Waals surface area contributed by atoms with E-state index < -0.39 is 0 Å². The van der Waals surface area contributed by atoms with Crippen LogP contribution in [0.5, 0.6) is 0 Å². The van der Waals surface area contributed by atoms with Crippen molar-refractivity contribution >= 4 is 16.7 Å². The van der Waals surface area contributed by atoms with Crippen molar-refractivity contribution in [3.63, 3.8) is 0 Å². The zero-order valence-corrected chi connectivity index (χ0v) is 10.8. The molecule has 1 aliphatic rings. The number of hydrogen-bond acceptors (Lipinski definition) is 3. The smallest absolute Gasteiger partial charge is 0.160 e. The summed E-state index contributed by atoms with van der Waals surface area (Å²) in [6.45, 7) is 0. The zero-order chi connectivity index (χ0) is 13.7. The van der Waals surface area contributed by atoms with Crippen molar-refractivity contribution in [1.29, 1.82) is 0 Å². The maximum absolute atomic E-state index is 13.4. The molecule has 0 amide bonds. The van der Waals surface area contributed by atoms with E-state index in [2.05, 4.69) is 14.5 Å². The Morgan fingerprint density at radius 2 is 2.05 bits per heavy atom. The summed E-state index contributed by atoms with van der Waals surface area (Å²) < 4.78 is 15.5. The molecule has 0 bridgehead atoms. The van der Waals surface area contributed by atoms with E-state index in [9.17, 15) is 4.39 Å². The number of benzene rings is 1. The van der Waals surface area contributed by atoms with Crippen LogP contribution in [0.25, 0.3) is 22.6 Å². The molecule has 20 heavy (non-hydrogen) atoms. The quantitative estimate of drug-likeness (QED) is 0.776. The normalized spacial score (nSPS) is 14.8. The van der Waals surface area contributed by atoms with Gasteiger partial charge in [0, 0.05) is 12.1 Å². The minimum Gasteiger partial charge on any atom is -0.397 e. The highest BCUT2D eigenvalue weighted by molar-refractivity contribution is 5.80. The third-order valence-electron chi connectivity index (χ3n) is 3.58. The van der Waals surface area contributed by atoms with Gasteiger partial charge in [0.25, 0.3) is 0 Å². The lowest BCUT2D eigenvalue weighted by atomic mass is 10.3. The first-order valence-electron chi connectivity index (χ1n) is 6.62. The molecule has 4 nitrogen and oxygen atoms in total. The number of rotatable bonds is 2. The van der Waals surface area contributed by atoms with Gasteiger partial charge in [-0.3, -0.25) is 4.98 Å². The van der Waals surface area contributed by atoms with Crippen molar-refractivity contribution < 1.29 is 4.39 Å². The fourth-order valence-electron chi connectivity index (χ4n) is 2.49. The predicted molar refractivity (Wildman–Crippen MR) is 75.6 cm³/mol. The lowest BCUT2D eigenvalue weighted by molar-refractivity contribution is 0.629. The van der Waals surface area contributed by atoms with Gasteiger partial charge in [0.15, 0.2) is 5.82 Å². The van der Waals surface area contributed by atoms with Crippen LogP contribution in [0.4, 0.5) is 10.1 Å². The molecular formula is C15H13FN4. The molecule has 2 heterocycles. The standard InChI is InChI=1S/C15H13FN4/c16-9-1-6-14-13(7-9)19-15(20(14)11-3-4-11)12-5-2-10(17)8-18-12/h1-2,5-8,11H,3-4,17H2. The third-order valence-corrected chi connectivity index (χ3v) is 3.58. The molecule has 0 aliphatic heterocycles. The molecule has 1 aliphatic carbocycles. The van der Waals surface area contributed by atoms with Crippen LogP contribution in [0.1, 0.15) is 18.9 Å². The van der Waals surface area contributed by atoms with E-state index in [1.54, 1.807) is 18.3 Å². The lowest BCUT2D eigenvalue weighted by Crippen LogP contribution is -1.99. The molecule has 1 aromatic carbocycles. The zero-order valence-electron chi connectivity index (χ0n) is 10.8. The number of nitrogens with two attached hydrogens (primary N) is 1. The maximum atomic E-state index is 13.4. The fourth-order valence-corrected chi connectivity index (χ4v) is 2.49. The van der Waals surface area contributed by atoms with Gasteiger partial charge in [-0.1, -0.05) is 0 Å². The topological polar surface area (TPSA) is 56.7 Å². The third kappa shape index (κ3) is 1.74. The van der Waals surface area contributed by atoms with Crippen LogP contribution in [0, 0.1) is 5.82 Å². The molecule has 3 aromatic rings. The Morgan fingerprint density at radius 1 is 1.20 bits per heavy atom. The van der Waals surface area contributed by atoms with E-state index in [1.807, 2.05) is 6.07 Å². The molecule has 0 radical (unpaired) electrons. The summed E-state index contributed by atoms with van der Waals surface area (Å²) in [5, 5.41) is 0. The van der Waals surface area contributed by atoms with E-state index in [4.69, 9.17) is 5.73 Å². The summed E-state index contributed by atoms with van der Waals surface area (Å²) in [6.07, 6.45) is 3.88. The van der Waals surface area contributed by atoms with Crippen LogP contribution in [0.2, 0.25) is 0 Å². The van der Waals surface area contributed by atoms with E-state index in [-0.39, 0.29) is 5.82 Å². The number of aromatic nitrogens is 3. The number of anilines is 1. The molecule has 1 saturated carbocycles. The van der Waals surface area contributed by atoms with Crippen LogP contribution in [0.15, 0.2) is 36.5 Å². The van der Waals surface area contributed by atoms with E-state index in [1.165, 1.54) is 12.1 Å². The van der Waals surface area contributed by atoms with Gasteiger partial charge in [-0.2, -0.15) is 0 Å². The second-order valence-corrected chi connectivity index (χ2v) is 5.15. The second-order valence-electron chi connectivity index (χ2n) is 5.15. The van der Waals surface area contributed by atoms with Gasteiger partial charge in [0.2, 0.25) is 0 Å². The van der Waals surface area contributed by atoms with Gasteiger partial charge in [0.1, 0.15) is 11.5 Å². The van der Waals surface area contributed by atoms with Gasteiger partial charge in [-0.25, -0.2) is 9.37 Å². The minimum absolute atomic E-state index is 0.269. The molecule has 0 unspecified atom stereocenters. The number of pyridine rings is 1. The summed E-state index contributed by atoms with van der Waals surface area (Å²) in [5.41, 5.74) is 8.69. The Kier molecular flexibility index (Phi) is 2.30. The van der Waals surface area contributed by atoms with Crippen molar-refractivity contribution in [3.05, 3.63) is 42.3 Å². The summed E-state index contributed by atoms with van der Waals surface area (Å²) in [5.74, 6) is 0.517. The number of imidazole rings is 1. The average Bonchev–Trinajstić information content (AvgIpc) is 3.20. The number of fused-ring (bicyclic) bond motifs is 1.